The van der Waals surface area contributed by atoms with Crippen LogP contribution in [0.4, 0.5) is 10.1 Å². The first kappa shape index (κ1) is 17.9. The lowest BCUT2D eigenvalue weighted by Gasteiger charge is -2.14. The van der Waals surface area contributed by atoms with Crippen LogP contribution in [-0.4, -0.2) is 18.0 Å². The summed E-state index contributed by atoms with van der Waals surface area (Å²) in [7, 11) is 0. The fraction of sp³-hybridized carbons (Fsp3) is 0.222. The van der Waals surface area contributed by atoms with Crippen LogP contribution in [0.1, 0.15) is 18.1 Å². The van der Waals surface area contributed by atoms with Gasteiger partial charge in [-0.1, -0.05) is 41.4 Å². The van der Waals surface area contributed by atoms with E-state index in [4.69, 9.17) is 16.3 Å². The topological polar surface area (TPSA) is 55.4 Å². The lowest BCUT2D eigenvalue weighted by atomic mass is 10.1. The molecule has 2 aromatic rings. The molecule has 0 radical (unpaired) electrons. The molecular weight excluding hydrogens is 333 g/mol. The van der Waals surface area contributed by atoms with E-state index in [-0.39, 0.29) is 11.4 Å². The van der Waals surface area contributed by atoms with Crippen LogP contribution in [0.15, 0.2) is 42.5 Å². The van der Waals surface area contributed by atoms with E-state index in [2.05, 4.69) is 5.32 Å². The third kappa shape index (κ3) is 5.06. The van der Waals surface area contributed by atoms with Gasteiger partial charge in [-0.25, -0.2) is 4.39 Å². The fourth-order valence-electron chi connectivity index (χ4n) is 1.98. The van der Waals surface area contributed by atoms with E-state index in [9.17, 15) is 14.0 Å². The minimum absolute atomic E-state index is 0.0836. The zero-order valence-electron chi connectivity index (χ0n) is 13.3. The van der Waals surface area contributed by atoms with Crippen molar-refractivity contribution in [3.8, 4) is 0 Å². The van der Waals surface area contributed by atoms with Crippen LogP contribution in [0.2, 0.25) is 5.02 Å². The van der Waals surface area contributed by atoms with Gasteiger partial charge in [-0.3, -0.25) is 9.59 Å². The molecular formula is C18H17ClFNO3. The Balaban J connectivity index is 1.89. The van der Waals surface area contributed by atoms with Crippen molar-refractivity contribution in [2.24, 2.45) is 0 Å². The first-order chi connectivity index (χ1) is 11.3. The highest BCUT2D eigenvalue weighted by Crippen LogP contribution is 2.19. The average Bonchev–Trinajstić information content (AvgIpc) is 2.53. The van der Waals surface area contributed by atoms with E-state index < -0.39 is 23.8 Å². The molecule has 1 N–H and O–H groups in total. The molecule has 0 saturated carbocycles. The monoisotopic (exact) mass is 349 g/mol. The van der Waals surface area contributed by atoms with Crippen LogP contribution < -0.4 is 5.32 Å². The molecule has 24 heavy (non-hydrogen) atoms. The van der Waals surface area contributed by atoms with Crippen molar-refractivity contribution in [1.29, 1.82) is 0 Å². The number of rotatable bonds is 5. The molecule has 0 saturated heterocycles. The molecule has 2 aromatic carbocycles. The van der Waals surface area contributed by atoms with Gasteiger partial charge in [0.2, 0.25) is 0 Å². The molecule has 0 bridgehead atoms. The first-order valence-electron chi connectivity index (χ1n) is 7.36. The molecule has 126 valence electrons. The Kier molecular flexibility index (Phi) is 5.93. The Morgan fingerprint density at radius 3 is 2.50 bits per heavy atom. The normalized spacial score (nSPS) is 11.7. The number of aryl methyl sites for hydroxylation is 1. The standard InChI is InChI=1S/C18H17ClFNO3/c1-11-3-5-13(6-4-11)9-17(22)24-12(2)18(23)21-14-7-8-16(20)15(19)10-14/h3-8,10,12H,9H2,1-2H3,(H,21,23)/t12-/m1/s1. The van der Waals surface area contributed by atoms with Gasteiger partial charge >= 0.3 is 5.97 Å². The van der Waals surface area contributed by atoms with Gasteiger partial charge in [0.25, 0.3) is 5.91 Å². The van der Waals surface area contributed by atoms with Crippen molar-refractivity contribution < 1.29 is 18.7 Å². The minimum Gasteiger partial charge on any atom is -0.452 e. The summed E-state index contributed by atoms with van der Waals surface area (Å²) in [5.41, 5.74) is 2.23. The van der Waals surface area contributed by atoms with Crippen molar-refractivity contribution >= 4 is 29.2 Å². The molecule has 0 fully saturated rings. The molecule has 1 amide bonds. The van der Waals surface area contributed by atoms with Gasteiger partial charge in [-0.05, 0) is 37.6 Å². The molecule has 0 aliphatic heterocycles. The fourth-order valence-corrected chi connectivity index (χ4v) is 2.16. The van der Waals surface area contributed by atoms with Crippen LogP contribution in [0.5, 0.6) is 0 Å². The number of halogens is 2. The van der Waals surface area contributed by atoms with Crippen LogP contribution in [0.25, 0.3) is 0 Å². The molecule has 0 heterocycles. The van der Waals surface area contributed by atoms with E-state index in [0.29, 0.717) is 5.69 Å². The van der Waals surface area contributed by atoms with Crippen molar-refractivity contribution in [3.05, 3.63) is 64.4 Å². The second-order valence-electron chi connectivity index (χ2n) is 5.41. The second-order valence-corrected chi connectivity index (χ2v) is 5.82. The predicted octanol–water partition coefficient (Wildman–Crippen LogP) is 3.90. The summed E-state index contributed by atoms with van der Waals surface area (Å²) in [6, 6.07) is 11.3. The SMILES string of the molecule is Cc1ccc(CC(=O)O[C@H](C)C(=O)Nc2ccc(F)c(Cl)c2)cc1. The van der Waals surface area contributed by atoms with E-state index in [1.54, 1.807) is 0 Å². The number of carbonyl (C=O) groups excluding carboxylic acids is 2. The third-order valence-corrected chi connectivity index (χ3v) is 3.62. The quantitative estimate of drug-likeness (QED) is 0.833. The Labute approximate surface area is 144 Å². The number of ether oxygens (including phenoxy) is 1. The number of benzene rings is 2. The molecule has 6 heteroatoms. The van der Waals surface area contributed by atoms with Crippen molar-refractivity contribution in [2.75, 3.05) is 5.32 Å². The highest BCUT2D eigenvalue weighted by molar-refractivity contribution is 6.31. The minimum atomic E-state index is -0.980. The average molecular weight is 350 g/mol. The first-order valence-corrected chi connectivity index (χ1v) is 7.74. The van der Waals surface area contributed by atoms with Crippen molar-refractivity contribution in [2.45, 2.75) is 26.4 Å². The maximum Gasteiger partial charge on any atom is 0.311 e. The Bertz CT molecular complexity index is 746. The zero-order chi connectivity index (χ0) is 17.7. The van der Waals surface area contributed by atoms with Crippen LogP contribution in [-0.2, 0) is 20.7 Å². The van der Waals surface area contributed by atoms with Crippen molar-refractivity contribution in [3.63, 3.8) is 0 Å². The van der Waals surface area contributed by atoms with Crippen molar-refractivity contribution in [1.82, 2.24) is 0 Å². The number of nitrogens with one attached hydrogen (secondary N) is 1. The lowest BCUT2D eigenvalue weighted by molar-refractivity contribution is -0.152. The van der Waals surface area contributed by atoms with Gasteiger partial charge < -0.3 is 10.1 Å². The molecule has 0 unspecified atom stereocenters. The summed E-state index contributed by atoms with van der Waals surface area (Å²) < 4.78 is 18.2. The van der Waals surface area contributed by atoms with Gasteiger partial charge in [-0.2, -0.15) is 0 Å². The van der Waals surface area contributed by atoms with Gasteiger partial charge in [0, 0.05) is 5.69 Å². The van der Waals surface area contributed by atoms with Gasteiger partial charge in [-0.15, -0.1) is 0 Å². The number of anilines is 1. The third-order valence-electron chi connectivity index (χ3n) is 3.33. The number of esters is 1. The summed E-state index contributed by atoms with van der Waals surface area (Å²) in [4.78, 5) is 23.9. The molecule has 0 spiro atoms. The number of hydrogen-bond acceptors (Lipinski definition) is 3. The molecule has 1 atom stereocenters. The summed E-state index contributed by atoms with van der Waals surface area (Å²) in [6.45, 7) is 3.42. The maximum atomic E-state index is 13.1. The number of hydrogen-bond donors (Lipinski definition) is 1. The van der Waals surface area contributed by atoms with Crippen LogP contribution in [0, 0.1) is 12.7 Å². The second kappa shape index (κ2) is 7.93. The van der Waals surface area contributed by atoms with E-state index >= 15 is 0 Å². The highest BCUT2D eigenvalue weighted by Gasteiger charge is 2.18. The van der Waals surface area contributed by atoms with E-state index in [1.807, 2.05) is 31.2 Å². The summed E-state index contributed by atoms with van der Waals surface area (Å²) >= 11 is 5.65. The van der Waals surface area contributed by atoms with Crippen LogP contribution in [0.3, 0.4) is 0 Å². The van der Waals surface area contributed by atoms with E-state index in [1.165, 1.54) is 19.1 Å². The van der Waals surface area contributed by atoms with Gasteiger partial charge in [0.1, 0.15) is 5.82 Å². The Hall–Kier alpha value is -2.40. The zero-order valence-corrected chi connectivity index (χ0v) is 14.1. The lowest BCUT2D eigenvalue weighted by Crippen LogP contribution is -2.30. The summed E-state index contributed by atoms with van der Waals surface area (Å²) in [5.74, 6) is -1.60. The Morgan fingerprint density at radius 1 is 1.21 bits per heavy atom. The summed E-state index contributed by atoms with van der Waals surface area (Å²) in [6.07, 6.45) is -0.896. The predicted molar refractivity (Wildman–Crippen MR) is 90.5 cm³/mol. The number of amides is 1. The smallest absolute Gasteiger partial charge is 0.311 e. The van der Waals surface area contributed by atoms with E-state index in [0.717, 1.165) is 17.2 Å². The number of carbonyl (C=O) groups is 2. The molecule has 0 aliphatic carbocycles. The molecule has 0 aromatic heterocycles. The molecule has 4 nitrogen and oxygen atoms in total. The summed E-state index contributed by atoms with van der Waals surface area (Å²) in [5, 5.41) is 2.42. The van der Waals surface area contributed by atoms with Gasteiger partial charge in [0.15, 0.2) is 6.10 Å². The highest BCUT2D eigenvalue weighted by atomic mass is 35.5. The van der Waals surface area contributed by atoms with Gasteiger partial charge in [0.05, 0.1) is 11.4 Å². The largest absolute Gasteiger partial charge is 0.452 e. The Morgan fingerprint density at radius 2 is 1.88 bits per heavy atom. The van der Waals surface area contributed by atoms with Crippen LogP contribution >= 0.6 is 11.6 Å². The maximum absolute atomic E-state index is 13.1. The molecule has 2 rings (SSSR count). The molecule has 0 aliphatic rings.